The van der Waals surface area contributed by atoms with Gasteiger partial charge in [-0.3, -0.25) is 0 Å². The van der Waals surface area contributed by atoms with E-state index in [1.54, 1.807) is 24.3 Å². The third-order valence-electron chi connectivity index (χ3n) is 5.53. The molecule has 32 heavy (non-hydrogen) atoms. The van der Waals surface area contributed by atoms with Gasteiger partial charge in [-0.15, -0.1) is 0 Å². The molecule has 0 spiro atoms. The van der Waals surface area contributed by atoms with Crippen LogP contribution in [-0.2, 0) is 23.7 Å². The minimum absolute atomic E-state index is 0.132. The molecule has 4 rings (SSSR count). The maximum atomic E-state index is 12.8. The molecule has 0 bridgehead atoms. The summed E-state index contributed by atoms with van der Waals surface area (Å²) in [6, 6.07) is 18.4. The molecule has 0 radical (unpaired) electrons. The second kappa shape index (κ2) is 10.6. The predicted molar refractivity (Wildman–Crippen MR) is 113 cm³/mol. The largest absolute Gasteiger partial charge is 0.453 e. The normalized spacial score (nSPS) is 29.4. The number of hydrogen-bond donors (Lipinski definition) is 0. The number of carbonyl (C=O) groups is 1. The molecule has 2 aromatic rings. The van der Waals surface area contributed by atoms with Crippen molar-refractivity contribution in [1.82, 2.24) is 0 Å². The average Bonchev–Trinajstić information content (AvgIpc) is 2.85. The van der Waals surface area contributed by atoms with Crippen LogP contribution in [0.25, 0.3) is 10.4 Å². The quantitative estimate of drug-likeness (QED) is 0.212. The summed E-state index contributed by atoms with van der Waals surface area (Å²) in [7, 11) is 0. The van der Waals surface area contributed by atoms with Gasteiger partial charge in [0.05, 0.1) is 24.9 Å². The van der Waals surface area contributed by atoms with E-state index < -0.39 is 24.7 Å². The SMILES string of the molecule is CC1C(OC(=O)c2ccccc2)[C@H](OCCN=[N+]=[N-])OC2COC(c3ccccc3)O[C@H]21. The zero-order valence-electron chi connectivity index (χ0n) is 17.7. The Morgan fingerprint density at radius 3 is 2.56 bits per heavy atom. The second-order valence-electron chi connectivity index (χ2n) is 7.64. The molecule has 168 valence electrons. The predicted octanol–water partition coefficient (Wildman–Crippen LogP) is 4.01. The van der Waals surface area contributed by atoms with Gasteiger partial charge >= 0.3 is 5.97 Å². The van der Waals surface area contributed by atoms with Crippen LogP contribution in [0.1, 0.15) is 29.1 Å². The van der Waals surface area contributed by atoms with E-state index in [0.717, 1.165) is 5.56 Å². The highest BCUT2D eigenvalue weighted by Gasteiger charge is 2.50. The monoisotopic (exact) mass is 439 g/mol. The molecule has 2 heterocycles. The Hall–Kier alpha value is -2.94. The van der Waals surface area contributed by atoms with Gasteiger partial charge in [-0.25, -0.2) is 4.79 Å². The summed E-state index contributed by atoms with van der Waals surface area (Å²) in [6.07, 6.45) is -2.84. The van der Waals surface area contributed by atoms with Crippen molar-refractivity contribution in [2.75, 3.05) is 19.8 Å². The first-order valence-electron chi connectivity index (χ1n) is 10.5. The van der Waals surface area contributed by atoms with Crippen LogP contribution in [0.2, 0.25) is 0 Å². The van der Waals surface area contributed by atoms with Crippen LogP contribution < -0.4 is 0 Å². The fourth-order valence-electron chi connectivity index (χ4n) is 3.91. The number of ether oxygens (including phenoxy) is 5. The van der Waals surface area contributed by atoms with Gasteiger partial charge in [0.25, 0.3) is 0 Å². The zero-order chi connectivity index (χ0) is 22.3. The maximum Gasteiger partial charge on any atom is 0.338 e. The molecule has 0 amide bonds. The Balaban J connectivity index is 1.51. The van der Waals surface area contributed by atoms with Gasteiger partial charge in [-0.05, 0) is 17.7 Å². The Bertz CT molecular complexity index is 937. The first-order valence-corrected chi connectivity index (χ1v) is 10.5. The molecule has 2 fully saturated rings. The van der Waals surface area contributed by atoms with Gasteiger partial charge in [0.2, 0.25) is 0 Å². The van der Waals surface area contributed by atoms with E-state index in [0.29, 0.717) is 12.2 Å². The van der Waals surface area contributed by atoms with Gasteiger partial charge in [-0.1, -0.05) is 60.6 Å². The minimum Gasteiger partial charge on any atom is -0.453 e. The van der Waals surface area contributed by atoms with E-state index in [1.165, 1.54) is 0 Å². The van der Waals surface area contributed by atoms with Crippen molar-refractivity contribution in [3.05, 3.63) is 82.2 Å². The molecule has 2 aromatic carbocycles. The average molecular weight is 439 g/mol. The first-order chi connectivity index (χ1) is 15.7. The number of fused-ring (bicyclic) bond motifs is 1. The molecule has 0 N–H and O–H groups in total. The molecule has 2 saturated heterocycles. The summed E-state index contributed by atoms with van der Waals surface area (Å²) in [5.41, 5.74) is 9.83. The Kier molecular flexibility index (Phi) is 7.36. The van der Waals surface area contributed by atoms with Gasteiger partial charge < -0.3 is 23.7 Å². The number of carbonyl (C=O) groups excluding carboxylic acids is 1. The van der Waals surface area contributed by atoms with Gasteiger partial charge in [0, 0.05) is 22.9 Å². The van der Waals surface area contributed by atoms with Crippen LogP contribution in [0.5, 0.6) is 0 Å². The molecule has 2 aliphatic rings. The van der Waals surface area contributed by atoms with E-state index in [9.17, 15) is 4.79 Å². The highest BCUT2D eigenvalue weighted by atomic mass is 16.8. The summed E-state index contributed by atoms with van der Waals surface area (Å²) in [6.45, 7) is 2.53. The van der Waals surface area contributed by atoms with E-state index >= 15 is 0 Å². The molecule has 0 aliphatic carbocycles. The van der Waals surface area contributed by atoms with Gasteiger partial charge in [0.15, 0.2) is 18.7 Å². The smallest absolute Gasteiger partial charge is 0.338 e. The van der Waals surface area contributed by atoms with E-state index in [-0.39, 0.29) is 31.3 Å². The molecule has 2 aliphatic heterocycles. The van der Waals surface area contributed by atoms with Crippen molar-refractivity contribution in [2.45, 2.75) is 37.8 Å². The summed E-state index contributed by atoms with van der Waals surface area (Å²) < 4.78 is 29.8. The van der Waals surface area contributed by atoms with Crippen LogP contribution in [-0.4, -0.2) is 50.3 Å². The van der Waals surface area contributed by atoms with Gasteiger partial charge in [0.1, 0.15) is 6.10 Å². The van der Waals surface area contributed by atoms with Crippen LogP contribution in [0, 0.1) is 5.92 Å². The third-order valence-corrected chi connectivity index (χ3v) is 5.53. The lowest BCUT2D eigenvalue weighted by atomic mass is 9.89. The third kappa shape index (κ3) is 5.09. The van der Waals surface area contributed by atoms with Crippen molar-refractivity contribution < 1.29 is 28.5 Å². The van der Waals surface area contributed by atoms with Crippen molar-refractivity contribution in [1.29, 1.82) is 0 Å². The molecule has 0 saturated carbocycles. The fraction of sp³-hybridized carbons (Fsp3) is 0.435. The topological polar surface area (TPSA) is 112 Å². The maximum absolute atomic E-state index is 12.8. The summed E-state index contributed by atoms with van der Waals surface area (Å²) in [4.78, 5) is 15.5. The number of rotatable bonds is 7. The highest BCUT2D eigenvalue weighted by Crippen LogP contribution is 2.38. The zero-order valence-corrected chi connectivity index (χ0v) is 17.7. The standard InChI is InChI=1S/C23H25N3O6/c1-15-19-18(14-29-22(32-19)17-10-6-3-7-11-17)30-23(28-13-12-25-26-24)20(15)31-21(27)16-8-4-2-5-9-16/h2-11,15,18-20,22-23H,12-14H2,1H3/t15?,18?,19-,20?,22?,23+/m0/s1. The lowest BCUT2D eigenvalue weighted by molar-refractivity contribution is -0.350. The van der Waals surface area contributed by atoms with Crippen molar-refractivity contribution >= 4 is 5.97 Å². The van der Waals surface area contributed by atoms with Crippen molar-refractivity contribution in [2.24, 2.45) is 11.0 Å². The van der Waals surface area contributed by atoms with Crippen molar-refractivity contribution in [3.63, 3.8) is 0 Å². The summed E-state index contributed by atoms with van der Waals surface area (Å²) in [5, 5.41) is 3.48. The minimum atomic E-state index is -0.840. The summed E-state index contributed by atoms with van der Waals surface area (Å²) >= 11 is 0. The summed E-state index contributed by atoms with van der Waals surface area (Å²) in [5.74, 6) is -0.708. The second-order valence-corrected chi connectivity index (χ2v) is 7.64. The van der Waals surface area contributed by atoms with E-state index in [4.69, 9.17) is 29.2 Å². The van der Waals surface area contributed by atoms with E-state index in [2.05, 4.69) is 10.0 Å². The number of azide groups is 1. The van der Waals surface area contributed by atoms with Crippen LogP contribution >= 0.6 is 0 Å². The number of benzene rings is 2. The Morgan fingerprint density at radius 1 is 1.12 bits per heavy atom. The Morgan fingerprint density at radius 2 is 1.84 bits per heavy atom. The first kappa shape index (κ1) is 22.3. The van der Waals surface area contributed by atoms with Crippen LogP contribution in [0.15, 0.2) is 65.8 Å². The molecular formula is C23H25N3O6. The van der Waals surface area contributed by atoms with Crippen LogP contribution in [0.3, 0.4) is 0 Å². The fourth-order valence-corrected chi connectivity index (χ4v) is 3.91. The lowest BCUT2D eigenvalue weighted by Crippen LogP contribution is -2.59. The molecule has 9 nitrogen and oxygen atoms in total. The molecule has 9 heteroatoms. The van der Waals surface area contributed by atoms with E-state index in [1.807, 2.05) is 43.3 Å². The van der Waals surface area contributed by atoms with Crippen LogP contribution in [0.4, 0.5) is 0 Å². The molecular weight excluding hydrogens is 414 g/mol. The number of esters is 1. The molecule has 4 unspecified atom stereocenters. The number of hydrogen-bond acceptors (Lipinski definition) is 7. The molecule has 0 aromatic heterocycles. The highest BCUT2D eigenvalue weighted by molar-refractivity contribution is 5.89. The van der Waals surface area contributed by atoms with Crippen molar-refractivity contribution in [3.8, 4) is 0 Å². The lowest BCUT2D eigenvalue weighted by Gasteiger charge is -2.48. The molecule has 6 atom stereocenters. The van der Waals surface area contributed by atoms with Gasteiger partial charge in [-0.2, -0.15) is 0 Å². The number of nitrogens with zero attached hydrogens (tertiary/aromatic N) is 3. The Labute approximate surface area is 185 Å².